The summed E-state index contributed by atoms with van der Waals surface area (Å²) in [6, 6.07) is 5.57. The van der Waals surface area contributed by atoms with Gasteiger partial charge in [0.15, 0.2) is 0 Å². The van der Waals surface area contributed by atoms with E-state index in [2.05, 4.69) is 9.88 Å². The number of imidazole rings is 1. The zero-order chi connectivity index (χ0) is 17.6. The number of hydrogen-bond donors (Lipinski definition) is 2. The largest absolute Gasteiger partial charge is 0.493 e. The quantitative estimate of drug-likeness (QED) is 0.734. The Morgan fingerprint density at radius 3 is 3.04 bits per heavy atom. The first-order chi connectivity index (χ1) is 12.1. The van der Waals surface area contributed by atoms with Crippen molar-refractivity contribution >= 4 is 11.6 Å². The molecule has 1 aliphatic heterocycles. The van der Waals surface area contributed by atoms with Gasteiger partial charge in [0, 0.05) is 55.2 Å². The number of piperidine rings is 1. The van der Waals surface area contributed by atoms with Crippen LogP contribution in [0.3, 0.4) is 0 Å². The van der Waals surface area contributed by atoms with E-state index in [1.165, 1.54) is 0 Å². The van der Waals surface area contributed by atoms with Gasteiger partial charge in [0.05, 0.1) is 19.0 Å². The number of rotatable bonds is 7. The first kappa shape index (κ1) is 18.2. The molecule has 0 amide bonds. The Kier molecular flexibility index (Phi) is 6.31. The molecule has 1 aliphatic rings. The first-order valence-corrected chi connectivity index (χ1v) is 9.02. The van der Waals surface area contributed by atoms with Crippen LogP contribution in [0, 0.1) is 0 Å². The second-order valence-corrected chi connectivity index (χ2v) is 6.95. The number of β-amino-alcohol motifs (C(OH)–C–C–N with tert-alkyl or cyclic N) is 1. The van der Waals surface area contributed by atoms with Crippen LogP contribution < -0.4 is 10.5 Å². The van der Waals surface area contributed by atoms with Gasteiger partial charge >= 0.3 is 0 Å². The van der Waals surface area contributed by atoms with Crippen molar-refractivity contribution in [2.45, 2.75) is 38.1 Å². The van der Waals surface area contributed by atoms with Crippen LogP contribution >= 0.6 is 11.6 Å². The Labute approximate surface area is 153 Å². The molecule has 0 unspecified atom stereocenters. The third-order valence-corrected chi connectivity index (χ3v) is 4.75. The average molecular weight is 365 g/mol. The Hall–Kier alpha value is -1.60. The number of aryl methyl sites for hydroxylation is 1. The summed E-state index contributed by atoms with van der Waals surface area (Å²) in [4.78, 5) is 6.22. The van der Waals surface area contributed by atoms with Crippen LogP contribution in [-0.4, -0.2) is 51.4 Å². The summed E-state index contributed by atoms with van der Waals surface area (Å²) in [6.45, 7) is 3.64. The summed E-state index contributed by atoms with van der Waals surface area (Å²) < 4.78 is 8.01. The maximum Gasteiger partial charge on any atom is 0.123 e. The molecule has 0 spiro atoms. The Morgan fingerprint density at radius 1 is 1.40 bits per heavy atom. The zero-order valence-electron chi connectivity index (χ0n) is 14.2. The zero-order valence-corrected chi connectivity index (χ0v) is 15.0. The molecule has 1 aromatic heterocycles. The Morgan fingerprint density at radius 2 is 2.28 bits per heavy atom. The number of benzene rings is 1. The highest BCUT2D eigenvalue weighted by molar-refractivity contribution is 6.30. The molecule has 2 atom stereocenters. The van der Waals surface area contributed by atoms with Crippen molar-refractivity contribution in [1.29, 1.82) is 0 Å². The van der Waals surface area contributed by atoms with Gasteiger partial charge in [-0.2, -0.15) is 0 Å². The van der Waals surface area contributed by atoms with Crippen molar-refractivity contribution in [3.8, 4) is 5.75 Å². The number of nitrogens with zero attached hydrogens (tertiary/aromatic N) is 3. The van der Waals surface area contributed by atoms with Crippen molar-refractivity contribution in [1.82, 2.24) is 14.5 Å². The summed E-state index contributed by atoms with van der Waals surface area (Å²) in [5.74, 6) is 0.847. The summed E-state index contributed by atoms with van der Waals surface area (Å²) in [5.41, 5.74) is 6.92. The standard InChI is InChI=1S/C18H25ClN4O2/c19-15-2-3-18(25-9-1-6-22-8-5-21-13-22)14(10-15)11-23-7-4-16(20)17(24)12-23/h2-3,5,8,10,13,16-17,24H,1,4,6-7,9,11-12,20H2/t16-,17-/m1/s1. The van der Waals surface area contributed by atoms with Crippen LogP contribution in [-0.2, 0) is 13.1 Å². The van der Waals surface area contributed by atoms with E-state index >= 15 is 0 Å². The van der Waals surface area contributed by atoms with E-state index in [1.54, 1.807) is 12.5 Å². The second kappa shape index (κ2) is 8.67. The highest BCUT2D eigenvalue weighted by Gasteiger charge is 2.25. The minimum Gasteiger partial charge on any atom is -0.493 e. The molecular weight excluding hydrogens is 340 g/mol. The van der Waals surface area contributed by atoms with Crippen LogP contribution in [0.15, 0.2) is 36.9 Å². The topological polar surface area (TPSA) is 76.5 Å². The monoisotopic (exact) mass is 364 g/mol. The fourth-order valence-corrected chi connectivity index (χ4v) is 3.26. The first-order valence-electron chi connectivity index (χ1n) is 8.65. The summed E-state index contributed by atoms with van der Waals surface area (Å²) in [5, 5.41) is 10.7. The lowest BCUT2D eigenvalue weighted by molar-refractivity contribution is 0.0495. The number of hydrogen-bond acceptors (Lipinski definition) is 5. The molecule has 1 saturated heterocycles. The molecule has 6 nitrogen and oxygen atoms in total. The van der Waals surface area contributed by atoms with Gasteiger partial charge in [0.2, 0.25) is 0 Å². The molecule has 3 N–H and O–H groups in total. The van der Waals surface area contributed by atoms with Crippen molar-refractivity contribution < 1.29 is 9.84 Å². The lowest BCUT2D eigenvalue weighted by Gasteiger charge is -2.34. The van der Waals surface area contributed by atoms with Gasteiger partial charge < -0.3 is 20.1 Å². The van der Waals surface area contributed by atoms with Crippen molar-refractivity contribution in [2.75, 3.05) is 19.7 Å². The lowest BCUT2D eigenvalue weighted by Crippen LogP contribution is -2.50. The fraction of sp³-hybridized carbons (Fsp3) is 0.500. The van der Waals surface area contributed by atoms with E-state index in [0.29, 0.717) is 24.7 Å². The number of aromatic nitrogens is 2. The number of nitrogens with two attached hydrogens (primary N) is 1. The molecule has 3 rings (SSSR count). The molecule has 0 bridgehead atoms. The molecule has 25 heavy (non-hydrogen) atoms. The van der Waals surface area contributed by atoms with Crippen LogP contribution in [0.4, 0.5) is 0 Å². The predicted molar refractivity (Wildman–Crippen MR) is 97.7 cm³/mol. The Bertz CT molecular complexity index is 665. The highest BCUT2D eigenvalue weighted by atomic mass is 35.5. The van der Waals surface area contributed by atoms with Crippen molar-refractivity contribution in [3.05, 3.63) is 47.5 Å². The van der Waals surface area contributed by atoms with Crippen LogP contribution in [0.5, 0.6) is 5.75 Å². The van der Waals surface area contributed by atoms with E-state index in [9.17, 15) is 5.11 Å². The van der Waals surface area contributed by atoms with E-state index in [0.717, 1.165) is 37.2 Å². The summed E-state index contributed by atoms with van der Waals surface area (Å²) in [6.07, 6.45) is 6.74. The molecule has 2 aromatic rings. The van der Waals surface area contributed by atoms with Gasteiger partial charge in [0.1, 0.15) is 5.75 Å². The van der Waals surface area contributed by atoms with E-state index < -0.39 is 6.10 Å². The molecule has 2 heterocycles. The normalized spacial score (nSPS) is 21.4. The molecule has 1 fully saturated rings. The molecule has 0 aliphatic carbocycles. The minimum atomic E-state index is -0.479. The molecule has 136 valence electrons. The maximum atomic E-state index is 9.98. The smallest absolute Gasteiger partial charge is 0.123 e. The molecule has 7 heteroatoms. The van der Waals surface area contributed by atoms with Gasteiger partial charge in [-0.25, -0.2) is 4.98 Å². The van der Waals surface area contributed by atoms with E-state index in [1.807, 2.05) is 29.0 Å². The molecule has 0 radical (unpaired) electrons. The van der Waals surface area contributed by atoms with Gasteiger partial charge in [0.25, 0.3) is 0 Å². The SMILES string of the molecule is N[C@@H]1CCN(Cc2cc(Cl)ccc2OCCCn2ccnc2)C[C@H]1O. The number of halogens is 1. The van der Waals surface area contributed by atoms with Crippen LogP contribution in [0.25, 0.3) is 0 Å². The summed E-state index contributed by atoms with van der Waals surface area (Å²) >= 11 is 6.16. The van der Waals surface area contributed by atoms with E-state index in [4.69, 9.17) is 22.1 Å². The number of likely N-dealkylation sites (tertiary alicyclic amines) is 1. The van der Waals surface area contributed by atoms with Crippen molar-refractivity contribution in [3.63, 3.8) is 0 Å². The maximum absolute atomic E-state index is 9.98. The van der Waals surface area contributed by atoms with Crippen molar-refractivity contribution in [2.24, 2.45) is 5.73 Å². The third-order valence-electron chi connectivity index (χ3n) is 4.51. The molecule has 0 saturated carbocycles. The molecule has 1 aromatic carbocycles. The second-order valence-electron chi connectivity index (χ2n) is 6.51. The predicted octanol–water partition coefficient (Wildman–Crippen LogP) is 1.90. The van der Waals surface area contributed by atoms with Gasteiger partial charge in [-0.1, -0.05) is 11.6 Å². The van der Waals surface area contributed by atoms with E-state index in [-0.39, 0.29) is 6.04 Å². The number of aliphatic hydroxyl groups is 1. The number of aliphatic hydroxyl groups excluding tert-OH is 1. The fourth-order valence-electron chi connectivity index (χ4n) is 3.06. The third kappa shape index (κ3) is 5.19. The Balaban J connectivity index is 1.56. The van der Waals surface area contributed by atoms with Gasteiger partial charge in [-0.05, 0) is 31.0 Å². The molecular formula is C18H25ClN4O2. The lowest BCUT2D eigenvalue weighted by atomic mass is 10.0. The summed E-state index contributed by atoms with van der Waals surface area (Å²) in [7, 11) is 0. The minimum absolute atomic E-state index is 0.130. The highest BCUT2D eigenvalue weighted by Crippen LogP contribution is 2.25. The van der Waals surface area contributed by atoms with Gasteiger partial charge in [-0.3, -0.25) is 4.90 Å². The van der Waals surface area contributed by atoms with Crippen LogP contribution in [0.2, 0.25) is 5.02 Å². The van der Waals surface area contributed by atoms with Gasteiger partial charge in [-0.15, -0.1) is 0 Å². The van der Waals surface area contributed by atoms with Crippen LogP contribution in [0.1, 0.15) is 18.4 Å². The number of ether oxygens (including phenoxy) is 1. The average Bonchev–Trinajstić information content (AvgIpc) is 3.10.